The third-order valence-electron chi connectivity index (χ3n) is 7.39. The van der Waals surface area contributed by atoms with Gasteiger partial charge in [0.25, 0.3) is 0 Å². The molecule has 1 saturated carbocycles. The third-order valence-corrected chi connectivity index (χ3v) is 7.39. The Bertz CT molecular complexity index is 703. The molecular formula is C24H36N2O3. The first kappa shape index (κ1) is 20.7. The highest BCUT2D eigenvalue weighted by Gasteiger charge is 2.46. The zero-order chi connectivity index (χ0) is 20.3. The van der Waals surface area contributed by atoms with Crippen LogP contribution in [0.3, 0.4) is 0 Å². The van der Waals surface area contributed by atoms with Gasteiger partial charge >= 0.3 is 0 Å². The van der Waals surface area contributed by atoms with Crippen molar-refractivity contribution >= 4 is 5.91 Å². The molecule has 5 heteroatoms. The van der Waals surface area contributed by atoms with Gasteiger partial charge in [-0.2, -0.15) is 0 Å². The molecule has 0 radical (unpaired) electrons. The number of carbonyl (C=O) groups excluding carboxylic acids is 1. The van der Waals surface area contributed by atoms with E-state index in [1.165, 1.54) is 18.4 Å². The van der Waals surface area contributed by atoms with Crippen LogP contribution >= 0.6 is 0 Å². The molecule has 4 rings (SSSR count). The largest absolute Gasteiger partial charge is 0.492 e. The van der Waals surface area contributed by atoms with Crippen molar-refractivity contribution in [3.05, 3.63) is 29.8 Å². The molecule has 0 spiro atoms. The fourth-order valence-corrected chi connectivity index (χ4v) is 5.43. The summed E-state index contributed by atoms with van der Waals surface area (Å²) in [5.41, 5.74) is 0.646. The van der Waals surface area contributed by atoms with Crippen LogP contribution in [0.15, 0.2) is 24.3 Å². The van der Waals surface area contributed by atoms with E-state index in [0.29, 0.717) is 19.1 Å². The number of para-hydroxylation sites is 1. The third kappa shape index (κ3) is 4.61. The number of carbonyl (C=O) groups is 1. The molecule has 0 bridgehead atoms. The number of ether oxygens (including phenoxy) is 1. The van der Waals surface area contributed by atoms with Gasteiger partial charge in [-0.15, -0.1) is 0 Å². The average Bonchev–Trinajstić information content (AvgIpc) is 3.28. The first-order valence-corrected chi connectivity index (χ1v) is 11.5. The van der Waals surface area contributed by atoms with E-state index in [1.807, 2.05) is 17.0 Å². The molecule has 1 aromatic rings. The molecule has 1 aliphatic carbocycles. The Morgan fingerprint density at radius 3 is 2.72 bits per heavy atom. The van der Waals surface area contributed by atoms with Crippen molar-refractivity contribution in [1.82, 2.24) is 9.80 Å². The predicted octanol–water partition coefficient (Wildman–Crippen LogP) is 3.10. The zero-order valence-electron chi connectivity index (χ0n) is 17.8. The van der Waals surface area contributed by atoms with Crippen LogP contribution in [0.2, 0.25) is 0 Å². The number of rotatable bonds is 6. The van der Waals surface area contributed by atoms with Crippen LogP contribution in [-0.4, -0.2) is 65.7 Å². The Labute approximate surface area is 175 Å². The first-order chi connectivity index (χ1) is 14.1. The Hall–Kier alpha value is -1.59. The van der Waals surface area contributed by atoms with Crippen LogP contribution in [0.4, 0.5) is 0 Å². The molecule has 2 saturated heterocycles. The Morgan fingerprint density at radius 1 is 1.17 bits per heavy atom. The van der Waals surface area contributed by atoms with Gasteiger partial charge in [-0.1, -0.05) is 38.0 Å². The number of aryl methyl sites for hydroxylation is 1. The maximum atomic E-state index is 12.9. The number of nitrogens with zero attached hydrogens (tertiary/aromatic N) is 2. The Balaban J connectivity index is 1.30. The number of hydrogen-bond acceptors (Lipinski definition) is 4. The average molecular weight is 401 g/mol. The van der Waals surface area contributed by atoms with Gasteiger partial charge in [0.15, 0.2) is 0 Å². The maximum Gasteiger partial charge on any atom is 0.225 e. The van der Waals surface area contributed by atoms with Crippen LogP contribution in [0.5, 0.6) is 5.75 Å². The lowest BCUT2D eigenvalue weighted by Crippen LogP contribution is -2.61. The lowest BCUT2D eigenvalue weighted by atomic mass is 9.75. The smallest absolute Gasteiger partial charge is 0.225 e. The van der Waals surface area contributed by atoms with Crippen molar-refractivity contribution < 1.29 is 14.6 Å². The molecule has 2 atom stereocenters. The summed E-state index contributed by atoms with van der Waals surface area (Å²) in [6.45, 7) is 6.86. The van der Waals surface area contributed by atoms with Crippen LogP contribution in [0.1, 0.15) is 51.0 Å². The van der Waals surface area contributed by atoms with Gasteiger partial charge in [-0.05, 0) is 43.7 Å². The van der Waals surface area contributed by atoms with E-state index in [0.717, 1.165) is 64.0 Å². The van der Waals surface area contributed by atoms with Gasteiger partial charge in [-0.3, -0.25) is 9.69 Å². The summed E-state index contributed by atoms with van der Waals surface area (Å²) >= 11 is 0. The molecule has 2 heterocycles. The van der Waals surface area contributed by atoms with Gasteiger partial charge in [0.05, 0.1) is 5.60 Å². The van der Waals surface area contributed by atoms with Gasteiger partial charge in [-0.25, -0.2) is 0 Å². The molecule has 1 N–H and O–H groups in total. The topological polar surface area (TPSA) is 53.0 Å². The van der Waals surface area contributed by atoms with Crippen molar-refractivity contribution in [2.75, 3.05) is 39.3 Å². The number of amides is 1. The second kappa shape index (κ2) is 9.05. The van der Waals surface area contributed by atoms with E-state index in [4.69, 9.17) is 4.74 Å². The molecule has 1 amide bonds. The number of benzene rings is 1. The number of piperidine rings is 2. The fourth-order valence-electron chi connectivity index (χ4n) is 5.43. The van der Waals surface area contributed by atoms with Gasteiger partial charge in [0.2, 0.25) is 5.91 Å². The summed E-state index contributed by atoms with van der Waals surface area (Å²) in [6, 6.07) is 8.24. The van der Waals surface area contributed by atoms with Crippen molar-refractivity contribution in [2.24, 2.45) is 11.8 Å². The van der Waals surface area contributed by atoms with Crippen LogP contribution < -0.4 is 4.74 Å². The van der Waals surface area contributed by atoms with E-state index < -0.39 is 5.60 Å². The highest BCUT2D eigenvalue weighted by Crippen LogP contribution is 2.37. The molecule has 29 heavy (non-hydrogen) atoms. The summed E-state index contributed by atoms with van der Waals surface area (Å²) < 4.78 is 6.05. The van der Waals surface area contributed by atoms with E-state index >= 15 is 0 Å². The number of hydrogen-bond donors (Lipinski definition) is 1. The SMILES string of the molecule is CCc1ccccc1OCCN1CC[C@@]2(O)CCN(C(=O)C3CCCC3)C[C@H]2C1. The van der Waals surface area contributed by atoms with Crippen molar-refractivity contribution in [3.63, 3.8) is 0 Å². The lowest BCUT2D eigenvalue weighted by molar-refractivity contribution is -0.150. The van der Waals surface area contributed by atoms with Gasteiger partial charge in [0.1, 0.15) is 12.4 Å². The molecule has 0 unspecified atom stereocenters. The van der Waals surface area contributed by atoms with Crippen LogP contribution in [0.25, 0.3) is 0 Å². The predicted molar refractivity (Wildman–Crippen MR) is 114 cm³/mol. The maximum absolute atomic E-state index is 12.9. The lowest BCUT2D eigenvalue weighted by Gasteiger charge is -2.50. The Morgan fingerprint density at radius 2 is 1.93 bits per heavy atom. The standard InChI is InChI=1S/C24H36N2O3/c1-2-19-7-5-6-10-22(19)29-16-15-25-13-11-24(28)12-14-26(18-21(24)17-25)23(27)20-8-3-4-9-20/h5-7,10,20-21,28H,2-4,8-9,11-18H2,1H3/t21-,24-/m1/s1. The summed E-state index contributed by atoms with van der Waals surface area (Å²) in [5, 5.41) is 11.1. The minimum absolute atomic E-state index is 0.151. The molecular weight excluding hydrogens is 364 g/mol. The quantitative estimate of drug-likeness (QED) is 0.797. The summed E-state index contributed by atoms with van der Waals surface area (Å²) in [7, 11) is 0. The van der Waals surface area contributed by atoms with Crippen molar-refractivity contribution in [1.29, 1.82) is 0 Å². The van der Waals surface area contributed by atoms with Gasteiger partial charge < -0.3 is 14.7 Å². The summed E-state index contributed by atoms with van der Waals surface area (Å²) in [6.07, 6.45) is 6.97. The second-order valence-electron chi connectivity index (χ2n) is 9.18. The summed E-state index contributed by atoms with van der Waals surface area (Å²) in [5.74, 6) is 1.70. The number of aliphatic hydroxyl groups is 1. The minimum atomic E-state index is -0.599. The van der Waals surface area contributed by atoms with Crippen molar-refractivity contribution in [2.45, 2.75) is 57.5 Å². The molecule has 160 valence electrons. The first-order valence-electron chi connectivity index (χ1n) is 11.5. The van der Waals surface area contributed by atoms with E-state index in [9.17, 15) is 9.90 Å². The minimum Gasteiger partial charge on any atom is -0.492 e. The molecule has 2 aliphatic heterocycles. The Kier molecular flexibility index (Phi) is 6.45. The van der Waals surface area contributed by atoms with Crippen LogP contribution in [0, 0.1) is 11.8 Å². The van der Waals surface area contributed by atoms with Crippen LogP contribution in [-0.2, 0) is 11.2 Å². The monoisotopic (exact) mass is 400 g/mol. The molecule has 1 aromatic carbocycles. The molecule has 3 aliphatic rings. The van der Waals surface area contributed by atoms with E-state index in [1.54, 1.807) is 0 Å². The zero-order valence-corrected chi connectivity index (χ0v) is 17.8. The number of fused-ring (bicyclic) bond motifs is 1. The number of likely N-dealkylation sites (tertiary alicyclic amines) is 2. The fraction of sp³-hybridized carbons (Fsp3) is 0.708. The normalized spacial score (nSPS) is 28.3. The highest BCUT2D eigenvalue weighted by atomic mass is 16.5. The summed E-state index contributed by atoms with van der Waals surface area (Å²) in [4.78, 5) is 17.3. The molecule has 5 nitrogen and oxygen atoms in total. The van der Waals surface area contributed by atoms with Gasteiger partial charge in [0, 0.05) is 44.6 Å². The second-order valence-corrected chi connectivity index (χ2v) is 9.18. The molecule has 0 aromatic heterocycles. The molecule has 3 fully saturated rings. The van der Waals surface area contributed by atoms with Crippen molar-refractivity contribution in [3.8, 4) is 5.75 Å². The van der Waals surface area contributed by atoms with E-state index in [2.05, 4.69) is 24.0 Å². The highest BCUT2D eigenvalue weighted by molar-refractivity contribution is 5.79. The van der Waals surface area contributed by atoms with E-state index in [-0.39, 0.29) is 11.8 Å².